The quantitative estimate of drug-likeness (QED) is 0.754. The van der Waals surface area contributed by atoms with Gasteiger partial charge in [-0.05, 0) is 48.9 Å². The van der Waals surface area contributed by atoms with Crippen LogP contribution in [0.5, 0.6) is 0 Å². The molecule has 1 aromatic carbocycles. The van der Waals surface area contributed by atoms with Gasteiger partial charge in [0.1, 0.15) is 5.82 Å². The molecule has 3 aromatic rings. The van der Waals surface area contributed by atoms with Crippen LogP contribution >= 0.6 is 11.3 Å². The Balaban J connectivity index is 1.84. The number of nitrogens with zero attached hydrogens (tertiary/aromatic N) is 1. The molecule has 0 aliphatic heterocycles. The molecular formula is C16H17N3S. The van der Waals surface area contributed by atoms with Crippen LogP contribution < -0.4 is 5.73 Å². The van der Waals surface area contributed by atoms with E-state index in [1.54, 1.807) is 4.88 Å². The van der Waals surface area contributed by atoms with Crippen LogP contribution in [0.4, 0.5) is 0 Å². The summed E-state index contributed by atoms with van der Waals surface area (Å²) in [4.78, 5) is 11.0. The Bertz CT molecular complexity index is 746. The topological polar surface area (TPSA) is 54.7 Å². The minimum atomic E-state index is 0.530. The highest BCUT2D eigenvalue weighted by Gasteiger charge is 2.16. The largest absolute Gasteiger partial charge is 0.337 e. The number of imidazole rings is 1. The summed E-state index contributed by atoms with van der Waals surface area (Å²) in [5, 5.41) is 0. The summed E-state index contributed by atoms with van der Waals surface area (Å²) in [5.41, 5.74) is 10.5. The second-order valence-corrected chi connectivity index (χ2v) is 6.51. The van der Waals surface area contributed by atoms with E-state index < -0.39 is 0 Å². The van der Waals surface area contributed by atoms with Gasteiger partial charge in [-0.1, -0.05) is 12.1 Å². The predicted octanol–water partition coefficient (Wildman–Crippen LogP) is 3.63. The number of para-hydroxylation sites is 1. The highest BCUT2D eigenvalue weighted by atomic mass is 32.1. The molecule has 3 N–H and O–H groups in total. The molecule has 0 spiro atoms. The first-order valence-electron chi connectivity index (χ1n) is 7.15. The van der Waals surface area contributed by atoms with Crippen molar-refractivity contribution in [1.82, 2.24) is 9.97 Å². The molecule has 0 unspecified atom stereocenters. The molecule has 3 nitrogen and oxygen atoms in total. The number of hydrogen-bond donors (Lipinski definition) is 2. The maximum atomic E-state index is 5.79. The van der Waals surface area contributed by atoms with Gasteiger partial charge in [0.25, 0.3) is 0 Å². The van der Waals surface area contributed by atoms with Crippen LogP contribution in [0.3, 0.4) is 0 Å². The van der Waals surface area contributed by atoms with Gasteiger partial charge in [-0.25, -0.2) is 4.98 Å². The standard InChI is InChI=1S/C16H17N3S/c17-9-11-5-3-6-12-15(11)19-16(18-12)14-8-10-4-1-2-7-13(10)20-14/h3,5-6,8H,1-2,4,7,9,17H2,(H,18,19). The summed E-state index contributed by atoms with van der Waals surface area (Å²) in [6.45, 7) is 0.530. The third-order valence-corrected chi connectivity index (χ3v) is 5.29. The third kappa shape index (κ3) is 1.87. The van der Waals surface area contributed by atoms with Crippen LogP contribution in [0, 0.1) is 0 Å². The lowest BCUT2D eigenvalue weighted by molar-refractivity contribution is 0.697. The average molecular weight is 283 g/mol. The lowest BCUT2D eigenvalue weighted by Gasteiger charge is -2.08. The SMILES string of the molecule is NCc1cccc2[nH]c(-c3cc4c(s3)CCCC4)nc12. The molecule has 1 aliphatic rings. The van der Waals surface area contributed by atoms with Crippen molar-refractivity contribution in [3.63, 3.8) is 0 Å². The molecule has 20 heavy (non-hydrogen) atoms. The normalized spacial score (nSPS) is 14.7. The molecule has 2 heterocycles. The smallest absolute Gasteiger partial charge is 0.148 e. The van der Waals surface area contributed by atoms with Crippen LogP contribution in [0.2, 0.25) is 0 Å². The maximum absolute atomic E-state index is 5.79. The first kappa shape index (κ1) is 12.1. The Morgan fingerprint density at radius 3 is 3.00 bits per heavy atom. The van der Waals surface area contributed by atoms with Crippen molar-refractivity contribution in [2.45, 2.75) is 32.2 Å². The molecule has 4 heteroatoms. The van der Waals surface area contributed by atoms with Gasteiger partial charge in [-0.3, -0.25) is 0 Å². The van der Waals surface area contributed by atoms with E-state index >= 15 is 0 Å². The second-order valence-electron chi connectivity index (χ2n) is 5.37. The summed E-state index contributed by atoms with van der Waals surface area (Å²) >= 11 is 1.89. The van der Waals surface area contributed by atoms with Crippen LogP contribution in [0.15, 0.2) is 24.3 Å². The fourth-order valence-electron chi connectivity index (χ4n) is 2.98. The van der Waals surface area contributed by atoms with Crippen molar-refractivity contribution in [3.8, 4) is 10.7 Å². The molecule has 0 atom stereocenters. The molecule has 102 valence electrons. The van der Waals surface area contributed by atoms with E-state index in [1.165, 1.54) is 36.1 Å². The number of nitrogens with one attached hydrogen (secondary N) is 1. The Morgan fingerprint density at radius 2 is 2.15 bits per heavy atom. The van der Waals surface area contributed by atoms with Crippen molar-refractivity contribution >= 4 is 22.4 Å². The summed E-state index contributed by atoms with van der Waals surface area (Å²) < 4.78 is 0. The molecule has 1 aliphatic carbocycles. The van der Waals surface area contributed by atoms with Gasteiger partial charge in [0.05, 0.1) is 15.9 Å². The zero-order valence-corrected chi connectivity index (χ0v) is 12.1. The number of aromatic amines is 1. The molecule has 0 saturated heterocycles. The molecule has 0 saturated carbocycles. The van der Waals surface area contributed by atoms with Crippen LogP contribution in [-0.4, -0.2) is 9.97 Å². The molecule has 4 rings (SSSR count). The predicted molar refractivity (Wildman–Crippen MR) is 83.9 cm³/mol. The molecular weight excluding hydrogens is 266 g/mol. The summed E-state index contributed by atoms with van der Waals surface area (Å²) in [5.74, 6) is 0.986. The highest BCUT2D eigenvalue weighted by Crippen LogP contribution is 2.35. The molecule has 0 radical (unpaired) electrons. The van der Waals surface area contributed by atoms with E-state index in [0.29, 0.717) is 6.54 Å². The summed E-state index contributed by atoms with van der Waals surface area (Å²) in [7, 11) is 0. The maximum Gasteiger partial charge on any atom is 0.148 e. The fraction of sp³-hybridized carbons (Fsp3) is 0.312. The van der Waals surface area contributed by atoms with Crippen molar-refractivity contribution in [2.75, 3.05) is 0 Å². The molecule has 0 amide bonds. The number of aryl methyl sites for hydroxylation is 2. The number of thiophene rings is 1. The number of fused-ring (bicyclic) bond motifs is 2. The van der Waals surface area contributed by atoms with Gasteiger partial charge in [-0.15, -0.1) is 11.3 Å². The van der Waals surface area contributed by atoms with Crippen LogP contribution in [0.25, 0.3) is 21.7 Å². The Kier molecular flexibility index (Phi) is 2.86. The monoisotopic (exact) mass is 283 g/mol. The van der Waals surface area contributed by atoms with E-state index in [-0.39, 0.29) is 0 Å². The highest BCUT2D eigenvalue weighted by molar-refractivity contribution is 7.15. The number of nitrogens with two attached hydrogens (primary N) is 1. The first-order valence-corrected chi connectivity index (χ1v) is 7.96. The zero-order chi connectivity index (χ0) is 13.5. The van der Waals surface area contributed by atoms with Gasteiger partial charge in [-0.2, -0.15) is 0 Å². The first-order chi connectivity index (χ1) is 9.85. The van der Waals surface area contributed by atoms with Crippen molar-refractivity contribution in [1.29, 1.82) is 0 Å². The van der Waals surface area contributed by atoms with E-state index in [0.717, 1.165) is 22.4 Å². The number of benzene rings is 1. The molecule has 0 fully saturated rings. The molecule has 0 bridgehead atoms. The van der Waals surface area contributed by atoms with Crippen LogP contribution in [0.1, 0.15) is 28.8 Å². The Morgan fingerprint density at radius 1 is 1.25 bits per heavy atom. The lowest BCUT2D eigenvalue weighted by Crippen LogP contribution is -1.96. The second kappa shape index (κ2) is 4.72. The minimum Gasteiger partial charge on any atom is -0.337 e. The van der Waals surface area contributed by atoms with E-state index in [4.69, 9.17) is 10.7 Å². The summed E-state index contributed by atoms with van der Waals surface area (Å²) in [6.07, 6.45) is 5.10. The van der Waals surface area contributed by atoms with Gasteiger partial charge in [0, 0.05) is 11.4 Å². The van der Waals surface area contributed by atoms with Crippen molar-refractivity contribution < 1.29 is 0 Å². The van der Waals surface area contributed by atoms with E-state index in [1.807, 2.05) is 23.5 Å². The fourth-order valence-corrected chi connectivity index (χ4v) is 4.18. The van der Waals surface area contributed by atoms with E-state index in [9.17, 15) is 0 Å². The Hall–Kier alpha value is -1.65. The average Bonchev–Trinajstić information content (AvgIpc) is 3.09. The number of H-pyrrole nitrogens is 1. The number of aromatic nitrogens is 2. The lowest BCUT2D eigenvalue weighted by atomic mass is 9.99. The number of rotatable bonds is 2. The van der Waals surface area contributed by atoms with Gasteiger partial charge < -0.3 is 10.7 Å². The van der Waals surface area contributed by atoms with Crippen LogP contribution in [-0.2, 0) is 19.4 Å². The van der Waals surface area contributed by atoms with Gasteiger partial charge in [0.15, 0.2) is 0 Å². The third-order valence-electron chi connectivity index (χ3n) is 4.05. The zero-order valence-electron chi connectivity index (χ0n) is 11.3. The van der Waals surface area contributed by atoms with Crippen molar-refractivity contribution in [2.24, 2.45) is 5.73 Å². The van der Waals surface area contributed by atoms with Gasteiger partial charge >= 0.3 is 0 Å². The van der Waals surface area contributed by atoms with Crippen molar-refractivity contribution in [3.05, 3.63) is 40.3 Å². The summed E-state index contributed by atoms with van der Waals surface area (Å²) in [6, 6.07) is 8.47. The molecule has 2 aromatic heterocycles. The minimum absolute atomic E-state index is 0.530. The Labute approximate surface area is 121 Å². The van der Waals surface area contributed by atoms with Gasteiger partial charge in [0.2, 0.25) is 0 Å². The van der Waals surface area contributed by atoms with E-state index in [2.05, 4.69) is 17.1 Å². The number of hydrogen-bond acceptors (Lipinski definition) is 3.